The Morgan fingerprint density at radius 3 is 2.79 bits per heavy atom. The molecule has 146 valence electrons. The Labute approximate surface area is 169 Å². The molecular weight excluding hydrogens is 370 g/mol. The lowest BCUT2D eigenvalue weighted by Gasteiger charge is -2.36. The first-order valence-corrected chi connectivity index (χ1v) is 10.5. The van der Waals surface area contributed by atoms with Gasteiger partial charge in [0.1, 0.15) is 5.00 Å². The van der Waals surface area contributed by atoms with Crippen LogP contribution in [0, 0.1) is 12.8 Å². The van der Waals surface area contributed by atoms with Gasteiger partial charge in [-0.05, 0) is 69.1 Å². The number of nitrogens with zero attached hydrogens (tertiary/aromatic N) is 2. The van der Waals surface area contributed by atoms with Gasteiger partial charge in [0.15, 0.2) is 5.76 Å². The fourth-order valence-corrected chi connectivity index (χ4v) is 4.71. The zero-order chi connectivity index (χ0) is 19.5. The fraction of sp³-hybridized carbons (Fsp3) is 0.364. The van der Waals surface area contributed by atoms with Gasteiger partial charge in [0.25, 0.3) is 5.91 Å². The third-order valence-corrected chi connectivity index (χ3v) is 6.28. The molecule has 1 N–H and O–H groups in total. The van der Waals surface area contributed by atoms with Crippen LogP contribution in [0.25, 0.3) is 0 Å². The molecule has 28 heavy (non-hydrogen) atoms. The van der Waals surface area contributed by atoms with E-state index in [1.54, 1.807) is 23.5 Å². The molecule has 3 aromatic rings. The number of piperidine rings is 1. The minimum atomic E-state index is -0.222. The highest BCUT2D eigenvalue weighted by Gasteiger charge is 2.30. The Kier molecular flexibility index (Phi) is 5.59. The van der Waals surface area contributed by atoms with E-state index in [0.29, 0.717) is 5.76 Å². The second kappa shape index (κ2) is 8.29. The summed E-state index contributed by atoms with van der Waals surface area (Å²) in [6, 6.07) is 11.7. The van der Waals surface area contributed by atoms with Crippen LogP contribution in [-0.4, -0.2) is 28.9 Å². The van der Waals surface area contributed by atoms with E-state index in [1.165, 1.54) is 19.1 Å². The van der Waals surface area contributed by atoms with Gasteiger partial charge in [-0.3, -0.25) is 14.7 Å². The van der Waals surface area contributed by atoms with Crippen LogP contribution in [0.3, 0.4) is 0 Å². The lowest BCUT2D eigenvalue weighted by molar-refractivity contribution is 0.0996. The zero-order valence-electron chi connectivity index (χ0n) is 16.2. The van der Waals surface area contributed by atoms with E-state index in [9.17, 15) is 4.79 Å². The van der Waals surface area contributed by atoms with E-state index in [1.807, 2.05) is 18.3 Å². The quantitative estimate of drug-likeness (QED) is 0.651. The second-order valence-corrected chi connectivity index (χ2v) is 8.70. The van der Waals surface area contributed by atoms with E-state index in [-0.39, 0.29) is 11.9 Å². The maximum Gasteiger partial charge on any atom is 0.291 e. The Balaban J connectivity index is 1.69. The monoisotopic (exact) mass is 395 g/mol. The summed E-state index contributed by atoms with van der Waals surface area (Å²) in [5.74, 6) is 0.848. The molecule has 0 bridgehead atoms. The zero-order valence-corrected chi connectivity index (χ0v) is 17.0. The number of aromatic nitrogens is 1. The molecule has 1 aliphatic rings. The molecule has 0 unspecified atom stereocenters. The van der Waals surface area contributed by atoms with Crippen LogP contribution in [0.2, 0.25) is 0 Å². The number of pyridine rings is 1. The lowest BCUT2D eigenvalue weighted by Crippen LogP contribution is -2.37. The van der Waals surface area contributed by atoms with Crippen LogP contribution in [0.1, 0.15) is 52.5 Å². The standard InChI is InChI=1S/C22H25N3O2S/c1-15-8-11-25(12-9-15)20(18-6-3-4-10-23-18)17-14-16(2)28-22(17)24-21(26)19-7-5-13-27-19/h3-7,10,13-15,20H,8-9,11-12H2,1-2H3,(H,24,26)/t20-/m1/s1. The SMILES string of the molecule is Cc1cc([C@H](c2ccccn2)N2CCC(C)CC2)c(NC(=O)c2ccco2)s1. The van der Waals surface area contributed by atoms with Crippen LogP contribution in [0.5, 0.6) is 0 Å². The number of rotatable bonds is 5. The molecule has 0 radical (unpaired) electrons. The summed E-state index contributed by atoms with van der Waals surface area (Å²) in [6.45, 7) is 6.45. The molecule has 1 amide bonds. The summed E-state index contributed by atoms with van der Waals surface area (Å²) >= 11 is 1.60. The van der Waals surface area contributed by atoms with Crippen molar-refractivity contribution in [1.82, 2.24) is 9.88 Å². The van der Waals surface area contributed by atoms with E-state index in [0.717, 1.165) is 40.1 Å². The van der Waals surface area contributed by atoms with Gasteiger partial charge >= 0.3 is 0 Å². The van der Waals surface area contributed by atoms with Crippen molar-refractivity contribution in [1.29, 1.82) is 0 Å². The van der Waals surface area contributed by atoms with Crippen LogP contribution in [0.15, 0.2) is 53.3 Å². The third-order valence-electron chi connectivity index (χ3n) is 5.30. The van der Waals surface area contributed by atoms with Crippen molar-refractivity contribution in [3.63, 3.8) is 0 Å². The van der Waals surface area contributed by atoms with Gasteiger partial charge in [-0.15, -0.1) is 11.3 Å². The third kappa shape index (κ3) is 4.03. The molecule has 1 atom stereocenters. The fourth-order valence-electron chi connectivity index (χ4n) is 3.77. The molecular formula is C22H25N3O2S. The molecule has 1 aliphatic heterocycles. The van der Waals surface area contributed by atoms with Crippen molar-refractivity contribution in [2.45, 2.75) is 32.7 Å². The van der Waals surface area contributed by atoms with Gasteiger partial charge in [0.2, 0.25) is 0 Å². The number of hydrogen-bond acceptors (Lipinski definition) is 5. The number of carbonyl (C=O) groups excluding carboxylic acids is 1. The molecule has 0 spiro atoms. The molecule has 0 aromatic carbocycles. The molecule has 1 fully saturated rings. The number of hydrogen-bond donors (Lipinski definition) is 1. The number of nitrogens with one attached hydrogen (secondary N) is 1. The summed E-state index contributed by atoms with van der Waals surface area (Å²) in [7, 11) is 0. The number of anilines is 1. The van der Waals surface area contributed by atoms with E-state index in [4.69, 9.17) is 4.42 Å². The van der Waals surface area contributed by atoms with Gasteiger partial charge in [-0.2, -0.15) is 0 Å². The smallest absolute Gasteiger partial charge is 0.291 e. The minimum absolute atomic E-state index is 0.0329. The molecule has 4 heterocycles. The Morgan fingerprint density at radius 1 is 1.29 bits per heavy atom. The highest BCUT2D eigenvalue weighted by Crippen LogP contribution is 2.39. The van der Waals surface area contributed by atoms with Crippen molar-refractivity contribution in [3.8, 4) is 0 Å². The van der Waals surface area contributed by atoms with E-state index >= 15 is 0 Å². The maximum atomic E-state index is 12.6. The van der Waals surface area contributed by atoms with Crippen LogP contribution < -0.4 is 5.32 Å². The Bertz CT molecular complexity index is 913. The van der Waals surface area contributed by atoms with Crippen molar-refractivity contribution in [2.75, 3.05) is 18.4 Å². The summed E-state index contributed by atoms with van der Waals surface area (Å²) in [4.78, 5) is 20.9. The van der Waals surface area contributed by atoms with E-state index in [2.05, 4.69) is 41.2 Å². The second-order valence-electron chi connectivity index (χ2n) is 7.45. The molecule has 4 rings (SSSR count). The van der Waals surface area contributed by atoms with Gasteiger partial charge in [-0.1, -0.05) is 13.0 Å². The van der Waals surface area contributed by atoms with Crippen molar-refractivity contribution in [3.05, 3.63) is 70.8 Å². The number of thiophene rings is 1. The normalized spacial score (nSPS) is 16.8. The maximum absolute atomic E-state index is 12.6. The van der Waals surface area contributed by atoms with Crippen LogP contribution in [-0.2, 0) is 0 Å². The largest absolute Gasteiger partial charge is 0.459 e. The van der Waals surface area contributed by atoms with E-state index < -0.39 is 0 Å². The van der Waals surface area contributed by atoms with Crippen LogP contribution >= 0.6 is 11.3 Å². The number of aryl methyl sites for hydroxylation is 1. The highest BCUT2D eigenvalue weighted by atomic mass is 32.1. The molecule has 3 aromatic heterocycles. The molecule has 5 nitrogen and oxygen atoms in total. The molecule has 0 aliphatic carbocycles. The van der Waals surface area contributed by atoms with Crippen molar-refractivity contribution in [2.24, 2.45) is 5.92 Å². The van der Waals surface area contributed by atoms with Crippen molar-refractivity contribution >= 4 is 22.2 Å². The Hall–Kier alpha value is -2.44. The predicted molar refractivity (Wildman–Crippen MR) is 112 cm³/mol. The average Bonchev–Trinajstić information content (AvgIpc) is 3.35. The molecule has 0 saturated carbocycles. The summed E-state index contributed by atoms with van der Waals surface area (Å²) < 4.78 is 5.26. The molecule has 6 heteroatoms. The van der Waals surface area contributed by atoms with Gasteiger partial charge in [0, 0.05) is 16.6 Å². The van der Waals surface area contributed by atoms with Gasteiger partial charge in [0.05, 0.1) is 18.0 Å². The minimum Gasteiger partial charge on any atom is -0.459 e. The van der Waals surface area contributed by atoms with Crippen molar-refractivity contribution < 1.29 is 9.21 Å². The summed E-state index contributed by atoms with van der Waals surface area (Å²) in [5, 5.41) is 3.93. The first-order chi connectivity index (χ1) is 13.6. The van der Waals surface area contributed by atoms with Crippen LogP contribution in [0.4, 0.5) is 5.00 Å². The lowest BCUT2D eigenvalue weighted by atomic mass is 9.94. The first-order valence-electron chi connectivity index (χ1n) is 9.72. The van der Waals surface area contributed by atoms with Gasteiger partial charge < -0.3 is 9.73 Å². The number of amides is 1. The highest BCUT2D eigenvalue weighted by molar-refractivity contribution is 7.16. The number of likely N-dealkylation sites (tertiary alicyclic amines) is 1. The molecule has 1 saturated heterocycles. The summed E-state index contributed by atoms with van der Waals surface area (Å²) in [5.41, 5.74) is 2.12. The average molecular weight is 396 g/mol. The Morgan fingerprint density at radius 2 is 2.11 bits per heavy atom. The number of carbonyl (C=O) groups is 1. The predicted octanol–water partition coefficient (Wildman–Crippen LogP) is 5.12. The summed E-state index contributed by atoms with van der Waals surface area (Å²) in [6.07, 6.45) is 5.72. The van der Waals surface area contributed by atoms with Gasteiger partial charge in [-0.25, -0.2) is 0 Å². The first kappa shape index (κ1) is 18.9. The topological polar surface area (TPSA) is 58.4 Å². The number of furan rings is 1.